The number of para-hydroxylation sites is 1. The first-order valence-corrected chi connectivity index (χ1v) is 9.24. The van der Waals surface area contributed by atoms with Gasteiger partial charge in [0.25, 0.3) is 0 Å². The Hall–Kier alpha value is -3.32. The van der Waals surface area contributed by atoms with Crippen LogP contribution in [0.3, 0.4) is 0 Å². The molecule has 0 aliphatic rings. The van der Waals surface area contributed by atoms with Gasteiger partial charge in [-0.1, -0.05) is 109 Å². The molecule has 0 fully saturated rings. The van der Waals surface area contributed by atoms with Crippen LogP contribution in [0.25, 0.3) is 0 Å². The summed E-state index contributed by atoms with van der Waals surface area (Å²) in [7, 11) is 0. The molecule has 0 radical (unpaired) electrons. The Morgan fingerprint density at radius 3 is 1.15 bits per heavy atom. The van der Waals surface area contributed by atoms with E-state index in [9.17, 15) is 0 Å². The molecule has 1 nitrogen and oxygen atoms in total. The highest BCUT2D eigenvalue weighted by Crippen LogP contribution is 2.39. The molecule has 0 bridgehead atoms. The van der Waals surface area contributed by atoms with Gasteiger partial charge in [-0.05, 0) is 28.8 Å². The molecule has 0 N–H and O–H groups in total. The number of rotatable bonds is 6. The van der Waals surface area contributed by atoms with Gasteiger partial charge in [0, 0.05) is 0 Å². The molecule has 132 valence electrons. The second-order valence-electron chi connectivity index (χ2n) is 6.61. The van der Waals surface area contributed by atoms with Gasteiger partial charge in [-0.15, -0.1) is 0 Å². The predicted molar refractivity (Wildman–Crippen MR) is 111 cm³/mol. The van der Waals surface area contributed by atoms with Crippen molar-refractivity contribution in [3.8, 4) is 5.75 Å². The number of hydrogen-bond acceptors (Lipinski definition) is 1. The lowest BCUT2D eigenvalue weighted by atomic mass is 9.70. The highest BCUT2D eigenvalue weighted by atomic mass is 16.5. The molecule has 0 amide bonds. The van der Waals surface area contributed by atoms with Crippen molar-refractivity contribution in [3.05, 3.63) is 138 Å². The standard InChI is InChI=1S/C26H22O/c1-5-13-22(14-6-1)26(23-15-7-2-8-16-23,24-17-9-3-10-18-24)21-27-25-19-11-4-12-20-25/h1-20H,21H2. The van der Waals surface area contributed by atoms with Crippen molar-refractivity contribution in [2.45, 2.75) is 5.41 Å². The SMILES string of the molecule is c1ccc(OCC(c2ccccc2)(c2ccccc2)c2ccccc2)cc1. The van der Waals surface area contributed by atoms with Gasteiger partial charge >= 0.3 is 0 Å². The lowest BCUT2D eigenvalue weighted by Gasteiger charge is -2.35. The molecule has 27 heavy (non-hydrogen) atoms. The quantitative estimate of drug-likeness (QED) is 0.382. The monoisotopic (exact) mass is 350 g/mol. The van der Waals surface area contributed by atoms with Gasteiger partial charge in [0.1, 0.15) is 12.4 Å². The topological polar surface area (TPSA) is 9.23 Å². The fourth-order valence-electron chi connectivity index (χ4n) is 3.63. The van der Waals surface area contributed by atoms with Gasteiger partial charge in [-0.3, -0.25) is 0 Å². The Bertz CT molecular complexity index is 851. The van der Waals surface area contributed by atoms with Crippen LogP contribution in [0.4, 0.5) is 0 Å². The summed E-state index contributed by atoms with van der Waals surface area (Å²) in [5.74, 6) is 0.879. The zero-order valence-electron chi connectivity index (χ0n) is 15.2. The van der Waals surface area contributed by atoms with E-state index >= 15 is 0 Å². The van der Waals surface area contributed by atoms with Crippen molar-refractivity contribution < 1.29 is 4.74 Å². The minimum absolute atomic E-state index is 0.389. The Labute approximate surface area is 160 Å². The third-order valence-corrected chi connectivity index (χ3v) is 5.00. The Morgan fingerprint density at radius 1 is 0.444 bits per heavy atom. The van der Waals surface area contributed by atoms with Crippen LogP contribution in [0.5, 0.6) is 5.75 Å². The second kappa shape index (κ2) is 7.92. The third kappa shape index (κ3) is 3.50. The van der Waals surface area contributed by atoms with E-state index in [2.05, 4.69) is 91.0 Å². The predicted octanol–water partition coefficient (Wildman–Crippen LogP) is 6.10. The number of benzene rings is 4. The highest BCUT2D eigenvalue weighted by molar-refractivity contribution is 5.50. The minimum atomic E-state index is -0.389. The van der Waals surface area contributed by atoms with Gasteiger partial charge in [-0.2, -0.15) is 0 Å². The van der Waals surface area contributed by atoms with Gasteiger partial charge in [0.05, 0.1) is 5.41 Å². The molecule has 1 heteroatoms. The molecule has 0 unspecified atom stereocenters. The van der Waals surface area contributed by atoms with E-state index in [4.69, 9.17) is 4.74 Å². The van der Waals surface area contributed by atoms with E-state index in [1.807, 2.05) is 30.3 Å². The molecule has 0 saturated carbocycles. The van der Waals surface area contributed by atoms with E-state index in [0.717, 1.165) is 5.75 Å². The molecular formula is C26H22O. The molecule has 0 spiro atoms. The summed E-state index contributed by atoms with van der Waals surface area (Å²) in [5, 5.41) is 0. The van der Waals surface area contributed by atoms with Crippen LogP contribution >= 0.6 is 0 Å². The summed E-state index contributed by atoms with van der Waals surface area (Å²) in [5.41, 5.74) is 3.27. The molecule has 0 atom stereocenters. The fourth-order valence-corrected chi connectivity index (χ4v) is 3.63. The van der Waals surface area contributed by atoms with Crippen molar-refractivity contribution in [1.82, 2.24) is 0 Å². The maximum absolute atomic E-state index is 6.33. The van der Waals surface area contributed by atoms with Crippen LogP contribution in [0, 0.1) is 0 Å². The zero-order valence-corrected chi connectivity index (χ0v) is 15.2. The van der Waals surface area contributed by atoms with Crippen molar-refractivity contribution in [2.24, 2.45) is 0 Å². The van der Waals surface area contributed by atoms with Crippen LogP contribution in [0.15, 0.2) is 121 Å². The Kier molecular flexibility index (Phi) is 5.02. The third-order valence-electron chi connectivity index (χ3n) is 5.00. The molecular weight excluding hydrogens is 328 g/mol. The molecule has 4 aromatic carbocycles. The first-order valence-electron chi connectivity index (χ1n) is 9.24. The van der Waals surface area contributed by atoms with Crippen LogP contribution in [-0.4, -0.2) is 6.61 Å². The van der Waals surface area contributed by atoms with Crippen molar-refractivity contribution in [1.29, 1.82) is 0 Å². The van der Waals surface area contributed by atoms with E-state index < -0.39 is 0 Å². The smallest absolute Gasteiger partial charge is 0.119 e. The van der Waals surface area contributed by atoms with Crippen LogP contribution < -0.4 is 4.74 Å². The average Bonchev–Trinajstić information content (AvgIpc) is 2.77. The molecule has 0 heterocycles. The lowest BCUT2D eigenvalue weighted by Crippen LogP contribution is -2.36. The largest absolute Gasteiger partial charge is 0.492 e. The van der Waals surface area contributed by atoms with E-state index in [0.29, 0.717) is 6.61 Å². The molecule has 0 aromatic heterocycles. The van der Waals surface area contributed by atoms with E-state index in [1.165, 1.54) is 16.7 Å². The van der Waals surface area contributed by atoms with Crippen molar-refractivity contribution in [2.75, 3.05) is 6.61 Å². The highest BCUT2D eigenvalue weighted by Gasteiger charge is 2.37. The normalized spacial score (nSPS) is 11.1. The molecule has 0 aliphatic heterocycles. The van der Waals surface area contributed by atoms with Crippen LogP contribution in [-0.2, 0) is 5.41 Å². The first-order chi connectivity index (χ1) is 13.4. The van der Waals surface area contributed by atoms with Gasteiger partial charge in [0.2, 0.25) is 0 Å². The summed E-state index contributed by atoms with van der Waals surface area (Å²) in [6, 6.07) is 41.9. The van der Waals surface area contributed by atoms with Gasteiger partial charge in [-0.25, -0.2) is 0 Å². The summed E-state index contributed by atoms with van der Waals surface area (Å²) >= 11 is 0. The summed E-state index contributed by atoms with van der Waals surface area (Å²) in [6.07, 6.45) is 0. The van der Waals surface area contributed by atoms with Crippen molar-refractivity contribution >= 4 is 0 Å². The minimum Gasteiger partial charge on any atom is -0.492 e. The van der Waals surface area contributed by atoms with Crippen molar-refractivity contribution in [3.63, 3.8) is 0 Å². The molecule has 4 rings (SSSR count). The maximum atomic E-state index is 6.33. The zero-order chi connectivity index (χ0) is 18.4. The molecule has 0 aliphatic carbocycles. The molecule has 4 aromatic rings. The number of hydrogen-bond donors (Lipinski definition) is 0. The first kappa shape index (κ1) is 17.1. The number of ether oxygens (including phenoxy) is 1. The van der Waals surface area contributed by atoms with Crippen LogP contribution in [0.1, 0.15) is 16.7 Å². The van der Waals surface area contributed by atoms with Gasteiger partial charge < -0.3 is 4.74 Å². The van der Waals surface area contributed by atoms with Crippen LogP contribution in [0.2, 0.25) is 0 Å². The van der Waals surface area contributed by atoms with Gasteiger partial charge in [0.15, 0.2) is 0 Å². The van der Waals surface area contributed by atoms with E-state index in [1.54, 1.807) is 0 Å². The summed E-state index contributed by atoms with van der Waals surface area (Å²) in [4.78, 5) is 0. The summed E-state index contributed by atoms with van der Waals surface area (Å²) < 4.78 is 6.33. The maximum Gasteiger partial charge on any atom is 0.119 e. The molecule has 0 saturated heterocycles. The lowest BCUT2D eigenvalue weighted by molar-refractivity contribution is 0.265. The Balaban J connectivity index is 1.89. The van der Waals surface area contributed by atoms with E-state index in [-0.39, 0.29) is 5.41 Å². The summed E-state index contributed by atoms with van der Waals surface area (Å²) in [6.45, 7) is 0.523. The Morgan fingerprint density at radius 2 is 0.778 bits per heavy atom. The fraction of sp³-hybridized carbons (Fsp3) is 0.0769. The average molecular weight is 350 g/mol. The second-order valence-corrected chi connectivity index (χ2v) is 6.61.